The second kappa shape index (κ2) is 9.10. The molecule has 1 aliphatic heterocycles. The number of fused-ring (bicyclic) bond motifs is 1. The van der Waals surface area contributed by atoms with Crippen molar-refractivity contribution in [3.05, 3.63) is 29.3 Å². The van der Waals surface area contributed by atoms with Gasteiger partial charge >= 0.3 is 18.2 Å². The first kappa shape index (κ1) is 21.1. The number of methoxy groups -OCH3 is 1. The van der Waals surface area contributed by atoms with Gasteiger partial charge in [0.15, 0.2) is 0 Å². The molecule has 150 valence electrons. The number of esters is 1. The van der Waals surface area contributed by atoms with Crippen LogP contribution in [0.4, 0.5) is 23.7 Å². The van der Waals surface area contributed by atoms with Crippen LogP contribution in [-0.4, -0.2) is 31.8 Å². The van der Waals surface area contributed by atoms with E-state index in [0.29, 0.717) is 43.4 Å². The number of ether oxygens (including phenoxy) is 2. The predicted octanol–water partition coefficient (Wildman–Crippen LogP) is 4.72. The summed E-state index contributed by atoms with van der Waals surface area (Å²) in [5, 5.41) is 0. The Balaban J connectivity index is 2.06. The minimum Gasteiger partial charge on any atom is -0.469 e. The summed E-state index contributed by atoms with van der Waals surface area (Å²) >= 11 is 0. The zero-order valence-corrected chi connectivity index (χ0v) is 15.5. The second-order valence-corrected chi connectivity index (χ2v) is 6.46. The van der Waals surface area contributed by atoms with E-state index in [0.717, 1.165) is 12.1 Å². The number of halogens is 3. The van der Waals surface area contributed by atoms with E-state index < -0.39 is 17.8 Å². The fraction of sp³-hybridized carbons (Fsp3) is 0.579. The van der Waals surface area contributed by atoms with Gasteiger partial charge in [-0.15, -0.1) is 0 Å². The van der Waals surface area contributed by atoms with Crippen molar-refractivity contribution in [1.29, 1.82) is 0 Å². The van der Waals surface area contributed by atoms with E-state index in [1.54, 1.807) is 0 Å². The summed E-state index contributed by atoms with van der Waals surface area (Å²) in [6.07, 6.45) is -1.95. The Morgan fingerprint density at radius 3 is 2.63 bits per heavy atom. The molecule has 0 fully saturated rings. The molecule has 2 rings (SSSR count). The Morgan fingerprint density at radius 2 is 2.00 bits per heavy atom. The third-order valence-corrected chi connectivity index (χ3v) is 4.67. The number of hydrogen-bond donors (Lipinski definition) is 0. The molecule has 27 heavy (non-hydrogen) atoms. The lowest BCUT2D eigenvalue weighted by molar-refractivity contribution is -0.140. The highest BCUT2D eigenvalue weighted by atomic mass is 19.4. The van der Waals surface area contributed by atoms with Crippen LogP contribution < -0.4 is 4.90 Å². The first-order chi connectivity index (χ1) is 12.8. The fourth-order valence-electron chi connectivity index (χ4n) is 3.18. The highest BCUT2D eigenvalue weighted by Crippen LogP contribution is 2.37. The SMILES string of the molecule is CCC1CCc2cc(C(F)(F)F)ccc2N1C(=O)OCCCCC(=O)OC. The Kier molecular flexibility index (Phi) is 7.10. The number of benzene rings is 1. The molecule has 0 radical (unpaired) electrons. The fourth-order valence-corrected chi connectivity index (χ4v) is 3.18. The van der Waals surface area contributed by atoms with Crippen LogP contribution in [0.2, 0.25) is 0 Å². The Bertz CT molecular complexity index is 675. The standard InChI is InChI=1S/C19H24F3NO4/c1-3-15-9-7-13-12-14(19(20,21)22)8-10-16(13)23(15)18(25)27-11-5-4-6-17(24)26-2/h8,10,12,15H,3-7,9,11H2,1-2H3. The molecule has 1 aromatic carbocycles. The molecular formula is C19H24F3NO4. The van der Waals surface area contributed by atoms with Gasteiger partial charge in [-0.25, -0.2) is 4.79 Å². The zero-order chi connectivity index (χ0) is 20.0. The van der Waals surface area contributed by atoms with Gasteiger partial charge in [0.2, 0.25) is 0 Å². The number of amides is 1. The maximum absolute atomic E-state index is 12.9. The summed E-state index contributed by atoms with van der Waals surface area (Å²) in [7, 11) is 1.31. The number of unbranched alkanes of at least 4 members (excludes halogenated alkanes) is 1. The number of anilines is 1. The molecule has 0 aliphatic carbocycles. The van der Waals surface area contributed by atoms with Crippen LogP contribution in [-0.2, 0) is 26.9 Å². The molecule has 8 heteroatoms. The van der Waals surface area contributed by atoms with Crippen LogP contribution in [0.1, 0.15) is 50.2 Å². The normalized spacial score (nSPS) is 16.6. The highest BCUT2D eigenvalue weighted by molar-refractivity contribution is 5.90. The van der Waals surface area contributed by atoms with Gasteiger partial charge in [-0.2, -0.15) is 13.2 Å². The van der Waals surface area contributed by atoms with E-state index in [1.807, 2.05) is 6.92 Å². The van der Waals surface area contributed by atoms with Crippen LogP contribution in [0, 0.1) is 0 Å². The van der Waals surface area contributed by atoms with Crippen molar-refractivity contribution < 1.29 is 32.2 Å². The molecule has 5 nitrogen and oxygen atoms in total. The van der Waals surface area contributed by atoms with Crippen LogP contribution in [0.3, 0.4) is 0 Å². The maximum Gasteiger partial charge on any atom is 0.416 e. The van der Waals surface area contributed by atoms with Crippen molar-refractivity contribution in [1.82, 2.24) is 0 Å². The maximum atomic E-state index is 12.9. The largest absolute Gasteiger partial charge is 0.469 e. The smallest absolute Gasteiger partial charge is 0.416 e. The molecule has 1 atom stereocenters. The molecule has 1 unspecified atom stereocenters. The van der Waals surface area contributed by atoms with Gasteiger partial charge in [0.05, 0.1) is 25.0 Å². The number of aryl methyl sites for hydroxylation is 1. The molecule has 0 saturated carbocycles. The Morgan fingerprint density at radius 1 is 1.26 bits per heavy atom. The summed E-state index contributed by atoms with van der Waals surface area (Å²) in [6, 6.07) is 3.33. The minimum absolute atomic E-state index is 0.114. The molecule has 0 spiro atoms. The monoisotopic (exact) mass is 387 g/mol. The number of alkyl halides is 3. The van der Waals surface area contributed by atoms with E-state index in [-0.39, 0.29) is 25.0 Å². The average Bonchev–Trinajstić information content (AvgIpc) is 2.65. The summed E-state index contributed by atoms with van der Waals surface area (Å²) in [5.41, 5.74) is 0.255. The number of rotatable bonds is 6. The molecule has 0 aromatic heterocycles. The van der Waals surface area contributed by atoms with Crippen molar-refractivity contribution in [2.75, 3.05) is 18.6 Å². The highest BCUT2D eigenvalue weighted by Gasteiger charge is 2.35. The molecule has 1 amide bonds. The molecule has 0 saturated heterocycles. The number of carbonyl (C=O) groups is 2. The predicted molar refractivity (Wildman–Crippen MR) is 93.5 cm³/mol. The van der Waals surface area contributed by atoms with Gasteiger partial charge in [0.25, 0.3) is 0 Å². The molecular weight excluding hydrogens is 363 g/mol. The summed E-state index contributed by atoms with van der Waals surface area (Å²) in [6.45, 7) is 2.06. The van der Waals surface area contributed by atoms with Gasteiger partial charge < -0.3 is 9.47 Å². The van der Waals surface area contributed by atoms with Crippen LogP contribution in [0.25, 0.3) is 0 Å². The number of nitrogens with zero attached hydrogens (tertiary/aromatic N) is 1. The van der Waals surface area contributed by atoms with Crippen molar-refractivity contribution in [3.63, 3.8) is 0 Å². The summed E-state index contributed by atoms with van der Waals surface area (Å²) in [4.78, 5) is 25.1. The molecule has 1 aliphatic rings. The summed E-state index contributed by atoms with van der Waals surface area (Å²) < 4.78 is 48.7. The van der Waals surface area contributed by atoms with Crippen LogP contribution in [0.15, 0.2) is 18.2 Å². The Hall–Kier alpha value is -2.25. The van der Waals surface area contributed by atoms with Crippen LogP contribution >= 0.6 is 0 Å². The van der Waals surface area contributed by atoms with Crippen molar-refractivity contribution in [2.24, 2.45) is 0 Å². The van der Waals surface area contributed by atoms with Crippen LogP contribution in [0.5, 0.6) is 0 Å². The molecule has 0 bridgehead atoms. The molecule has 1 heterocycles. The third kappa shape index (κ3) is 5.37. The first-order valence-corrected chi connectivity index (χ1v) is 9.00. The second-order valence-electron chi connectivity index (χ2n) is 6.46. The van der Waals surface area contributed by atoms with Crippen molar-refractivity contribution in [2.45, 2.75) is 57.7 Å². The van der Waals surface area contributed by atoms with Crippen molar-refractivity contribution in [3.8, 4) is 0 Å². The quantitative estimate of drug-likeness (QED) is 0.524. The van der Waals surface area contributed by atoms with E-state index >= 15 is 0 Å². The van der Waals surface area contributed by atoms with Crippen molar-refractivity contribution >= 4 is 17.7 Å². The van der Waals surface area contributed by atoms with Gasteiger partial charge in [-0.1, -0.05) is 6.92 Å². The summed E-state index contributed by atoms with van der Waals surface area (Å²) in [5.74, 6) is -0.321. The minimum atomic E-state index is -4.42. The lowest BCUT2D eigenvalue weighted by Gasteiger charge is -2.36. The number of carbonyl (C=O) groups excluding carboxylic acids is 2. The topological polar surface area (TPSA) is 55.8 Å². The van der Waals surface area contributed by atoms with Gasteiger partial charge in [-0.3, -0.25) is 9.69 Å². The third-order valence-electron chi connectivity index (χ3n) is 4.67. The van der Waals surface area contributed by atoms with E-state index in [4.69, 9.17) is 4.74 Å². The van der Waals surface area contributed by atoms with Gasteiger partial charge in [-0.05, 0) is 55.9 Å². The lowest BCUT2D eigenvalue weighted by atomic mass is 9.93. The lowest BCUT2D eigenvalue weighted by Crippen LogP contribution is -2.44. The molecule has 1 aromatic rings. The zero-order valence-electron chi connectivity index (χ0n) is 15.5. The van der Waals surface area contributed by atoms with E-state index in [2.05, 4.69) is 4.74 Å². The number of hydrogen-bond acceptors (Lipinski definition) is 4. The van der Waals surface area contributed by atoms with Gasteiger partial charge in [0.1, 0.15) is 0 Å². The van der Waals surface area contributed by atoms with E-state index in [9.17, 15) is 22.8 Å². The first-order valence-electron chi connectivity index (χ1n) is 9.00. The Labute approximate surface area is 156 Å². The van der Waals surface area contributed by atoms with E-state index in [1.165, 1.54) is 18.1 Å². The van der Waals surface area contributed by atoms with Gasteiger partial charge in [0, 0.05) is 12.5 Å². The molecule has 0 N–H and O–H groups in total. The average molecular weight is 387 g/mol.